The Labute approximate surface area is 107 Å². The van der Waals surface area contributed by atoms with E-state index >= 15 is 0 Å². The van der Waals surface area contributed by atoms with Crippen LogP contribution < -0.4 is 10.6 Å². The normalized spacial score (nSPS) is 12.4. The third kappa shape index (κ3) is 3.92. The molecule has 0 saturated heterocycles. The number of benzene rings is 1. The summed E-state index contributed by atoms with van der Waals surface area (Å²) < 4.78 is 0. The van der Waals surface area contributed by atoms with Crippen molar-refractivity contribution >= 4 is 5.91 Å². The van der Waals surface area contributed by atoms with Crippen LogP contribution in [0.15, 0.2) is 18.2 Å². The number of aromatic hydroxyl groups is 2. The van der Waals surface area contributed by atoms with Crippen molar-refractivity contribution in [2.75, 3.05) is 6.54 Å². The molecule has 0 heterocycles. The molecule has 1 amide bonds. The first kappa shape index (κ1) is 14.3. The fourth-order valence-corrected chi connectivity index (χ4v) is 1.71. The van der Waals surface area contributed by atoms with Crippen molar-refractivity contribution in [2.45, 2.75) is 32.9 Å². The van der Waals surface area contributed by atoms with Crippen molar-refractivity contribution in [3.8, 4) is 11.5 Å². The Morgan fingerprint density at radius 2 is 1.78 bits per heavy atom. The molecule has 1 rings (SSSR count). The smallest absolute Gasteiger partial charge is 0.234 e. The molecular formula is C13H20N2O3. The zero-order valence-electron chi connectivity index (χ0n) is 10.9. The summed E-state index contributed by atoms with van der Waals surface area (Å²) in [7, 11) is 0. The van der Waals surface area contributed by atoms with Gasteiger partial charge in [-0.05, 0) is 32.9 Å². The van der Waals surface area contributed by atoms with Gasteiger partial charge in [0.2, 0.25) is 5.91 Å². The van der Waals surface area contributed by atoms with Crippen molar-refractivity contribution in [1.82, 2.24) is 10.6 Å². The van der Waals surface area contributed by atoms with Crippen molar-refractivity contribution in [3.63, 3.8) is 0 Å². The first-order chi connectivity index (χ1) is 8.41. The zero-order chi connectivity index (χ0) is 13.7. The fraction of sp³-hybridized carbons (Fsp3) is 0.462. The van der Waals surface area contributed by atoms with E-state index in [0.29, 0.717) is 5.56 Å². The quantitative estimate of drug-likeness (QED) is 0.636. The van der Waals surface area contributed by atoms with E-state index in [1.165, 1.54) is 12.1 Å². The van der Waals surface area contributed by atoms with Gasteiger partial charge in [0.05, 0.1) is 12.1 Å². The van der Waals surface area contributed by atoms with Crippen molar-refractivity contribution in [3.05, 3.63) is 23.8 Å². The average molecular weight is 252 g/mol. The fourth-order valence-electron chi connectivity index (χ4n) is 1.71. The molecule has 1 unspecified atom stereocenters. The Hall–Kier alpha value is -1.75. The lowest BCUT2D eigenvalue weighted by molar-refractivity contribution is -0.120. The number of nitrogens with one attached hydrogen (secondary N) is 2. The number of carbonyl (C=O) groups excluding carboxylic acids is 1. The van der Waals surface area contributed by atoms with Gasteiger partial charge in [0.15, 0.2) is 0 Å². The van der Waals surface area contributed by atoms with Gasteiger partial charge in [0.25, 0.3) is 0 Å². The van der Waals surface area contributed by atoms with Crippen LogP contribution >= 0.6 is 0 Å². The lowest BCUT2D eigenvalue weighted by Crippen LogP contribution is -2.38. The van der Waals surface area contributed by atoms with Gasteiger partial charge in [-0.15, -0.1) is 0 Å². The van der Waals surface area contributed by atoms with E-state index < -0.39 is 0 Å². The average Bonchev–Trinajstić information content (AvgIpc) is 2.25. The molecule has 0 fully saturated rings. The maximum atomic E-state index is 11.5. The number of phenolic OH excluding ortho intramolecular Hbond substituents is 2. The Morgan fingerprint density at radius 1 is 1.22 bits per heavy atom. The minimum Gasteiger partial charge on any atom is -0.507 e. The number of hydrogen-bond donors (Lipinski definition) is 4. The van der Waals surface area contributed by atoms with Crippen molar-refractivity contribution in [1.29, 1.82) is 0 Å². The molecule has 1 aromatic carbocycles. The molecule has 1 atom stereocenters. The summed E-state index contributed by atoms with van der Waals surface area (Å²) in [6, 6.07) is 4.34. The molecule has 4 N–H and O–H groups in total. The third-order valence-corrected chi connectivity index (χ3v) is 2.51. The molecule has 0 aliphatic heterocycles. The van der Waals surface area contributed by atoms with Crippen molar-refractivity contribution in [2.24, 2.45) is 0 Å². The van der Waals surface area contributed by atoms with Crippen LogP contribution in [0.5, 0.6) is 11.5 Å². The second kappa shape index (κ2) is 6.26. The van der Waals surface area contributed by atoms with Crippen LogP contribution in [0.2, 0.25) is 0 Å². The minimum absolute atomic E-state index is 0.0132. The molecule has 1 aromatic rings. The zero-order valence-corrected chi connectivity index (χ0v) is 10.9. The predicted molar refractivity (Wildman–Crippen MR) is 69.5 cm³/mol. The highest BCUT2D eigenvalue weighted by Crippen LogP contribution is 2.31. The van der Waals surface area contributed by atoms with Gasteiger partial charge in [-0.3, -0.25) is 4.79 Å². The third-order valence-electron chi connectivity index (χ3n) is 2.51. The molecule has 0 bridgehead atoms. The molecular weight excluding hydrogens is 232 g/mol. The highest BCUT2D eigenvalue weighted by atomic mass is 16.3. The minimum atomic E-state index is -0.316. The van der Waals surface area contributed by atoms with Crippen LogP contribution in [0.4, 0.5) is 0 Å². The van der Waals surface area contributed by atoms with E-state index in [1.807, 2.05) is 13.8 Å². The molecule has 0 radical (unpaired) electrons. The van der Waals surface area contributed by atoms with Crippen LogP contribution in [-0.2, 0) is 4.79 Å². The Kier molecular flexibility index (Phi) is 4.97. The maximum Gasteiger partial charge on any atom is 0.234 e. The van der Waals surface area contributed by atoms with Crippen LogP contribution in [0, 0.1) is 0 Å². The van der Waals surface area contributed by atoms with Crippen LogP contribution in [0.25, 0.3) is 0 Å². The molecule has 0 saturated carbocycles. The number of hydrogen-bond acceptors (Lipinski definition) is 4. The van der Waals surface area contributed by atoms with E-state index in [0.717, 1.165) is 0 Å². The first-order valence-corrected chi connectivity index (χ1v) is 5.95. The van der Waals surface area contributed by atoms with Gasteiger partial charge in [0.1, 0.15) is 11.5 Å². The summed E-state index contributed by atoms with van der Waals surface area (Å²) in [6.45, 7) is 5.68. The van der Waals surface area contributed by atoms with Gasteiger partial charge >= 0.3 is 0 Å². The van der Waals surface area contributed by atoms with Crippen molar-refractivity contribution < 1.29 is 15.0 Å². The monoisotopic (exact) mass is 252 g/mol. The predicted octanol–water partition coefficient (Wildman–Crippen LogP) is 1.27. The molecule has 5 nitrogen and oxygen atoms in total. The number of carbonyl (C=O) groups is 1. The van der Waals surface area contributed by atoms with Gasteiger partial charge in [-0.25, -0.2) is 0 Å². The van der Waals surface area contributed by atoms with Crippen LogP contribution in [-0.4, -0.2) is 28.7 Å². The summed E-state index contributed by atoms with van der Waals surface area (Å²) in [4.78, 5) is 11.5. The highest BCUT2D eigenvalue weighted by molar-refractivity contribution is 5.78. The summed E-state index contributed by atoms with van der Waals surface area (Å²) in [5.74, 6) is -0.0923. The van der Waals surface area contributed by atoms with Gasteiger partial charge in [0, 0.05) is 12.1 Å². The highest BCUT2D eigenvalue weighted by Gasteiger charge is 2.15. The molecule has 0 aliphatic carbocycles. The Balaban J connectivity index is 2.61. The second-order valence-corrected chi connectivity index (χ2v) is 4.53. The molecule has 0 aliphatic rings. The molecule has 5 heteroatoms. The standard InChI is InChI=1S/C13H20N2O3/c1-8(2)15-12(18)7-14-9(3)13-10(16)5-4-6-11(13)17/h4-6,8-9,14,16-17H,7H2,1-3H3,(H,15,18). The number of phenols is 2. The second-order valence-electron chi connectivity index (χ2n) is 4.53. The molecule has 100 valence electrons. The molecule has 0 aromatic heterocycles. The van der Waals surface area contributed by atoms with Gasteiger partial charge < -0.3 is 20.8 Å². The van der Waals surface area contributed by atoms with Gasteiger partial charge in [-0.2, -0.15) is 0 Å². The van der Waals surface area contributed by atoms with E-state index in [-0.39, 0.29) is 36.0 Å². The Bertz CT molecular complexity index is 398. The number of rotatable bonds is 5. The summed E-state index contributed by atoms with van der Waals surface area (Å²) in [6.07, 6.45) is 0. The summed E-state index contributed by atoms with van der Waals surface area (Å²) in [5, 5.41) is 25.0. The van der Waals surface area contributed by atoms with Gasteiger partial charge in [-0.1, -0.05) is 6.07 Å². The van der Waals surface area contributed by atoms with E-state index in [2.05, 4.69) is 10.6 Å². The largest absolute Gasteiger partial charge is 0.507 e. The maximum absolute atomic E-state index is 11.5. The Morgan fingerprint density at radius 3 is 2.28 bits per heavy atom. The summed E-state index contributed by atoms with van der Waals surface area (Å²) in [5.41, 5.74) is 0.398. The molecule has 0 spiro atoms. The molecule has 18 heavy (non-hydrogen) atoms. The summed E-state index contributed by atoms with van der Waals surface area (Å²) >= 11 is 0. The van der Waals surface area contributed by atoms with E-state index in [9.17, 15) is 15.0 Å². The first-order valence-electron chi connectivity index (χ1n) is 5.95. The topological polar surface area (TPSA) is 81.6 Å². The van der Waals surface area contributed by atoms with Crippen LogP contribution in [0.1, 0.15) is 32.4 Å². The van der Waals surface area contributed by atoms with Crippen LogP contribution in [0.3, 0.4) is 0 Å². The number of amides is 1. The lowest BCUT2D eigenvalue weighted by atomic mass is 10.1. The SMILES string of the molecule is CC(C)NC(=O)CNC(C)c1c(O)cccc1O. The van der Waals surface area contributed by atoms with E-state index in [1.54, 1.807) is 13.0 Å². The van der Waals surface area contributed by atoms with E-state index in [4.69, 9.17) is 0 Å². The lowest BCUT2D eigenvalue weighted by Gasteiger charge is -2.17.